The fraction of sp³-hybridized carbons (Fsp3) is 0.353. The summed E-state index contributed by atoms with van der Waals surface area (Å²) >= 11 is 0. The number of aryl methyl sites for hydroxylation is 2. The van der Waals surface area contributed by atoms with E-state index in [9.17, 15) is 4.79 Å². The predicted octanol–water partition coefficient (Wildman–Crippen LogP) is 2.79. The Morgan fingerprint density at radius 2 is 2.04 bits per heavy atom. The first-order valence-corrected chi connectivity index (χ1v) is 7.55. The highest BCUT2D eigenvalue weighted by atomic mass is 16.5. The molecule has 1 aromatic carbocycles. The molecule has 1 aromatic heterocycles. The van der Waals surface area contributed by atoms with Crippen molar-refractivity contribution in [2.45, 2.75) is 20.3 Å². The minimum absolute atomic E-state index is 0.249. The van der Waals surface area contributed by atoms with Crippen molar-refractivity contribution >= 4 is 17.4 Å². The molecule has 1 heterocycles. The maximum atomic E-state index is 12.4. The Morgan fingerprint density at radius 3 is 2.78 bits per heavy atom. The molecule has 0 spiro atoms. The number of ether oxygens (including phenoxy) is 1. The number of hydrogen-bond acceptors (Lipinski definition) is 5. The van der Waals surface area contributed by atoms with E-state index in [1.54, 1.807) is 20.1 Å². The third kappa shape index (κ3) is 5.34. The number of hydrogen-bond donors (Lipinski definition) is 2. The number of rotatable bonds is 7. The first-order chi connectivity index (χ1) is 11.1. The number of carbonyl (C=O) groups excluding carboxylic acids is 1. The van der Waals surface area contributed by atoms with E-state index < -0.39 is 0 Å². The van der Waals surface area contributed by atoms with Gasteiger partial charge in [0.05, 0.1) is 0 Å². The minimum atomic E-state index is -0.249. The Morgan fingerprint density at radius 1 is 1.22 bits per heavy atom. The summed E-state index contributed by atoms with van der Waals surface area (Å²) in [4.78, 5) is 20.9. The van der Waals surface area contributed by atoms with Crippen molar-refractivity contribution in [3.8, 4) is 0 Å². The Bertz CT molecular complexity index is 673. The van der Waals surface area contributed by atoms with Gasteiger partial charge in [0.2, 0.25) is 0 Å². The van der Waals surface area contributed by atoms with E-state index in [0.29, 0.717) is 23.9 Å². The normalized spacial score (nSPS) is 10.4. The standard InChI is InChI=1S/C17H22N4O2/c1-12-6-4-7-14(10-12)21-17(22)15-11-16(20-13(2)19-15)18-8-5-9-23-3/h4,6-7,10-11H,5,8-9H2,1-3H3,(H,21,22)(H,18,19,20). The molecule has 0 radical (unpaired) electrons. The van der Waals surface area contributed by atoms with Gasteiger partial charge < -0.3 is 15.4 Å². The van der Waals surface area contributed by atoms with Crippen molar-refractivity contribution in [1.82, 2.24) is 9.97 Å². The molecule has 6 nitrogen and oxygen atoms in total. The molecule has 2 rings (SSSR count). The zero-order chi connectivity index (χ0) is 16.7. The Hall–Kier alpha value is -2.47. The fourth-order valence-corrected chi connectivity index (χ4v) is 2.13. The van der Waals surface area contributed by atoms with E-state index in [4.69, 9.17) is 4.74 Å². The topological polar surface area (TPSA) is 76.1 Å². The predicted molar refractivity (Wildman–Crippen MR) is 90.9 cm³/mol. The van der Waals surface area contributed by atoms with Crippen molar-refractivity contribution in [3.63, 3.8) is 0 Å². The van der Waals surface area contributed by atoms with Gasteiger partial charge in [-0.25, -0.2) is 9.97 Å². The van der Waals surface area contributed by atoms with Crippen molar-refractivity contribution in [2.24, 2.45) is 0 Å². The molecule has 0 fully saturated rings. The number of amides is 1. The molecule has 0 aliphatic rings. The van der Waals surface area contributed by atoms with E-state index in [0.717, 1.165) is 24.2 Å². The van der Waals surface area contributed by atoms with Crippen LogP contribution in [0.1, 0.15) is 28.3 Å². The fourth-order valence-electron chi connectivity index (χ4n) is 2.13. The summed E-state index contributed by atoms with van der Waals surface area (Å²) < 4.78 is 5.00. The molecule has 0 atom stereocenters. The highest BCUT2D eigenvalue weighted by molar-refractivity contribution is 6.03. The van der Waals surface area contributed by atoms with Crippen LogP contribution >= 0.6 is 0 Å². The number of anilines is 2. The highest BCUT2D eigenvalue weighted by Gasteiger charge is 2.11. The summed E-state index contributed by atoms with van der Waals surface area (Å²) in [5.41, 5.74) is 2.18. The van der Waals surface area contributed by atoms with Crippen molar-refractivity contribution in [1.29, 1.82) is 0 Å². The van der Waals surface area contributed by atoms with Crippen LogP contribution in [0.5, 0.6) is 0 Å². The second kappa shape index (κ2) is 8.24. The lowest BCUT2D eigenvalue weighted by molar-refractivity contribution is 0.102. The van der Waals surface area contributed by atoms with Crippen LogP contribution in [-0.4, -0.2) is 36.1 Å². The van der Waals surface area contributed by atoms with Gasteiger partial charge in [0.15, 0.2) is 0 Å². The van der Waals surface area contributed by atoms with E-state index in [2.05, 4.69) is 20.6 Å². The zero-order valence-electron chi connectivity index (χ0n) is 13.7. The van der Waals surface area contributed by atoms with Gasteiger partial charge in [-0.15, -0.1) is 0 Å². The number of aromatic nitrogens is 2. The first-order valence-electron chi connectivity index (χ1n) is 7.55. The summed E-state index contributed by atoms with van der Waals surface area (Å²) in [6.45, 7) is 5.15. The Labute approximate surface area is 136 Å². The number of nitrogens with one attached hydrogen (secondary N) is 2. The minimum Gasteiger partial charge on any atom is -0.385 e. The second-order valence-corrected chi connectivity index (χ2v) is 5.28. The Balaban J connectivity index is 2.06. The first kappa shape index (κ1) is 16.9. The van der Waals surface area contributed by atoms with Gasteiger partial charge in [-0.3, -0.25) is 4.79 Å². The van der Waals surface area contributed by atoms with Crippen molar-refractivity contribution in [3.05, 3.63) is 47.4 Å². The maximum Gasteiger partial charge on any atom is 0.274 e. The molecule has 0 aliphatic carbocycles. The molecule has 23 heavy (non-hydrogen) atoms. The van der Waals surface area contributed by atoms with Crippen LogP contribution in [0.3, 0.4) is 0 Å². The third-order valence-electron chi connectivity index (χ3n) is 3.18. The number of benzene rings is 1. The van der Waals surface area contributed by atoms with Crippen LogP contribution in [0.25, 0.3) is 0 Å². The van der Waals surface area contributed by atoms with Gasteiger partial charge in [0.25, 0.3) is 5.91 Å². The van der Waals surface area contributed by atoms with E-state index in [1.165, 1.54) is 0 Å². The molecular weight excluding hydrogens is 292 g/mol. The molecule has 6 heteroatoms. The van der Waals surface area contributed by atoms with Gasteiger partial charge in [-0.05, 0) is 38.0 Å². The maximum absolute atomic E-state index is 12.4. The summed E-state index contributed by atoms with van der Waals surface area (Å²) in [6.07, 6.45) is 0.865. The van der Waals surface area contributed by atoms with Crippen LogP contribution in [0.4, 0.5) is 11.5 Å². The monoisotopic (exact) mass is 314 g/mol. The van der Waals surface area contributed by atoms with Crippen LogP contribution in [-0.2, 0) is 4.74 Å². The van der Waals surface area contributed by atoms with Crippen LogP contribution < -0.4 is 10.6 Å². The van der Waals surface area contributed by atoms with Crippen LogP contribution in [0.15, 0.2) is 30.3 Å². The molecule has 0 unspecified atom stereocenters. The van der Waals surface area contributed by atoms with Crippen molar-refractivity contribution < 1.29 is 9.53 Å². The second-order valence-electron chi connectivity index (χ2n) is 5.28. The molecule has 0 bridgehead atoms. The van der Waals surface area contributed by atoms with E-state index in [1.807, 2.05) is 31.2 Å². The molecule has 2 N–H and O–H groups in total. The lowest BCUT2D eigenvalue weighted by Gasteiger charge is -2.09. The van der Waals surface area contributed by atoms with Crippen LogP contribution in [0, 0.1) is 13.8 Å². The van der Waals surface area contributed by atoms with Gasteiger partial charge in [-0.2, -0.15) is 0 Å². The van der Waals surface area contributed by atoms with E-state index >= 15 is 0 Å². The number of methoxy groups -OCH3 is 1. The van der Waals surface area contributed by atoms with Gasteiger partial charge in [0.1, 0.15) is 17.3 Å². The smallest absolute Gasteiger partial charge is 0.274 e. The molecule has 0 saturated carbocycles. The molecule has 0 saturated heterocycles. The Kier molecular flexibility index (Phi) is 6.05. The van der Waals surface area contributed by atoms with Crippen molar-refractivity contribution in [2.75, 3.05) is 30.9 Å². The molecule has 122 valence electrons. The number of carbonyl (C=O) groups is 1. The molecule has 0 aliphatic heterocycles. The van der Waals surface area contributed by atoms with Gasteiger partial charge >= 0.3 is 0 Å². The lowest BCUT2D eigenvalue weighted by atomic mass is 10.2. The molecular formula is C17H22N4O2. The van der Waals surface area contributed by atoms with Gasteiger partial charge in [0, 0.05) is 32.0 Å². The quantitative estimate of drug-likeness (QED) is 0.769. The third-order valence-corrected chi connectivity index (χ3v) is 3.18. The molecule has 1 amide bonds. The summed E-state index contributed by atoms with van der Waals surface area (Å²) in [7, 11) is 1.67. The zero-order valence-corrected chi connectivity index (χ0v) is 13.7. The van der Waals surface area contributed by atoms with Crippen LogP contribution in [0.2, 0.25) is 0 Å². The SMILES string of the molecule is COCCCNc1cc(C(=O)Nc2cccc(C)c2)nc(C)n1. The summed E-state index contributed by atoms with van der Waals surface area (Å²) in [5, 5.41) is 6.03. The van der Waals surface area contributed by atoms with Gasteiger partial charge in [-0.1, -0.05) is 12.1 Å². The highest BCUT2D eigenvalue weighted by Crippen LogP contribution is 2.12. The summed E-state index contributed by atoms with van der Waals surface area (Å²) in [6, 6.07) is 9.30. The molecule has 2 aromatic rings. The summed E-state index contributed by atoms with van der Waals surface area (Å²) in [5.74, 6) is 0.945. The lowest BCUT2D eigenvalue weighted by Crippen LogP contribution is -2.16. The largest absolute Gasteiger partial charge is 0.385 e. The number of nitrogens with zero attached hydrogens (tertiary/aromatic N) is 2. The van der Waals surface area contributed by atoms with E-state index in [-0.39, 0.29) is 5.91 Å². The average molecular weight is 314 g/mol. The average Bonchev–Trinajstić information content (AvgIpc) is 2.51.